The van der Waals surface area contributed by atoms with E-state index < -0.39 is 12.1 Å². The molecule has 6 heteroatoms. The van der Waals surface area contributed by atoms with E-state index >= 15 is 0 Å². The van der Waals surface area contributed by atoms with Crippen molar-refractivity contribution in [1.82, 2.24) is 15.1 Å². The van der Waals surface area contributed by atoms with Gasteiger partial charge in [0.2, 0.25) is 0 Å². The normalized spacial score (nSPS) is 26.3. The standard InChI is InChI=1S/C16H25N3O3/c1-10-6-5-7-14(11(10)2)18-15(20)12(3)22-16(21)13-8-17-19(4)9-13/h8-12,14H,5-7H2,1-4H3,(H,18,20). The average Bonchev–Trinajstić information content (AvgIpc) is 2.90. The molecule has 1 N–H and O–H groups in total. The Kier molecular flexibility index (Phi) is 5.21. The lowest BCUT2D eigenvalue weighted by Gasteiger charge is -2.35. The summed E-state index contributed by atoms with van der Waals surface area (Å²) in [5.74, 6) is 0.287. The number of carbonyl (C=O) groups is 2. The van der Waals surface area contributed by atoms with Crippen LogP contribution < -0.4 is 5.32 Å². The van der Waals surface area contributed by atoms with Crippen LogP contribution in [-0.4, -0.2) is 33.8 Å². The molecule has 0 saturated heterocycles. The maximum atomic E-state index is 12.2. The summed E-state index contributed by atoms with van der Waals surface area (Å²) in [4.78, 5) is 24.2. The molecule has 1 saturated carbocycles. The highest BCUT2D eigenvalue weighted by Crippen LogP contribution is 2.29. The Morgan fingerprint density at radius 2 is 2.14 bits per heavy atom. The Morgan fingerprint density at radius 3 is 2.77 bits per heavy atom. The summed E-state index contributed by atoms with van der Waals surface area (Å²) in [5, 5.41) is 6.94. The van der Waals surface area contributed by atoms with Crippen LogP contribution in [0.3, 0.4) is 0 Å². The van der Waals surface area contributed by atoms with E-state index in [1.54, 1.807) is 20.2 Å². The number of nitrogens with zero attached hydrogens (tertiary/aromatic N) is 2. The number of aryl methyl sites for hydroxylation is 1. The quantitative estimate of drug-likeness (QED) is 0.862. The largest absolute Gasteiger partial charge is 0.449 e. The number of hydrogen-bond acceptors (Lipinski definition) is 4. The second-order valence-corrected chi connectivity index (χ2v) is 6.33. The average molecular weight is 307 g/mol. The zero-order valence-corrected chi connectivity index (χ0v) is 13.7. The number of aromatic nitrogens is 2. The van der Waals surface area contributed by atoms with Crippen LogP contribution in [0.2, 0.25) is 0 Å². The molecular formula is C16H25N3O3. The van der Waals surface area contributed by atoms with E-state index in [9.17, 15) is 9.59 Å². The van der Waals surface area contributed by atoms with Gasteiger partial charge in [-0.15, -0.1) is 0 Å². The Morgan fingerprint density at radius 1 is 1.41 bits per heavy atom. The van der Waals surface area contributed by atoms with Crippen LogP contribution in [0.5, 0.6) is 0 Å². The molecule has 22 heavy (non-hydrogen) atoms. The molecular weight excluding hydrogens is 282 g/mol. The lowest BCUT2D eigenvalue weighted by Crippen LogP contribution is -2.47. The van der Waals surface area contributed by atoms with Gasteiger partial charge in [0.1, 0.15) is 0 Å². The number of nitrogens with one attached hydrogen (secondary N) is 1. The number of carbonyl (C=O) groups excluding carboxylic acids is 2. The van der Waals surface area contributed by atoms with Crippen molar-refractivity contribution in [2.75, 3.05) is 0 Å². The molecule has 6 nitrogen and oxygen atoms in total. The molecule has 2 rings (SSSR count). The van der Waals surface area contributed by atoms with Gasteiger partial charge in [-0.3, -0.25) is 9.48 Å². The third-order valence-corrected chi connectivity index (χ3v) is 4.63. The maximum Gasteiger partial charge on any atom is 0.342 e. The first-order chi connectivity index (χ1) is 10.4. The van der Waals surface area contributed by atoms with Crippen molar-refractivity contribution < 1.29 is 14.3 Å². The van der Waals surface area contributed by atoms with Crippen molar-refractivity contribution >= 4 is 11.9 Å². The van der Waals surface area contributed by atoms with Crippen molar-refractivity contribution in [3.8, 4) is 0 Å². The Bertz CT molecular complexity index is 540. The first-order valence-electron chi connectivity index (χ1n) is 7.88. The smallest absolute Gasteiger partial charge is 0.342 e. The van der Waals surface area contributed by atoms with Gasteiger partial charge in [0, 0.05) is 19.3 Å². The van der Waals surface area contributed by atoms with Gasteiger partial charge >= 0.3 is 5.97 Å². The zero-order valence-electron chi connectivity index (χ0n) is 13.7. The number of ether oxygens (including phenoxy) is 1. The SMILES string of the molecule is CC(OC(=O)c1cnn(C)c1)C(=O)NC1CCCC(C)C1C. The molecule has 4 atom stereocenters. The fraction of sp³-hybridized carbons (Fsp3) is 0.688. The van der Waals surface area contributed by atoms with Crippen molar-refractivity contribution in [3.63, 3.8) is 0 Å². The molecule has 4 unspecified atom stereocenters. The molecule has 0 aliphatic heterocycles. The highest BCUT2D eigenvalue weighted by molar-refractivity contribution is 5.91. The third kappa shape index (κ3) is 3.87. The molecule has 0 aromatic carbocycles. The van der Waals surface area contributed by atoms with Crippen molar-refractivity contribution in [3.05, 3.63) is 18.0 Å². The van der Waals surface area contributed by atoms with Gasteiger partial charge in [0.15, 0.2) is 6.10 Å². The zero-order chi connectivity index (χ0) is 16.3. The highest BCUT2D eigenvalue weighted by atomic mass is 16.5. The molecule has 0 radical (unpaired) electrons. The minimum Gasteiger partial charge on any atom is -0.449 e. The monoisotopic (exact) mass is 307 g/mol. The van der Waals surface area contributed by atoms with E-state index in [2.05, 4.69) is 24.3 Å². The molecule has 0 spiro atoms. The van der Waals surface area contributed by atoms with Crippen LogP contribution in [0.4, 0.5) is 0 Å². The lowest BCUT2D eigenvalue weighted by molar-refractivity contribution is -0.130. The first-order valence-corrected chi connectivity index (χ1v) is 7.88. The molecule has 1 aliphatic carbocycles. The van der Waals surface area contributed by atoms with Crippen LogP contribution in [0.25, 0.3) is 0 Å². The van der Waals surface area contributed by atoms with Gasteiger partial charge in [-0.1, -0.05) is 26.7 Å². The van der Waals surface area contributed by atoms with Gasteiger partial charge in [0.25, 0.3) is 5.91 Å². The molecule has 1 heterocycles. The van der Waals surface area contributed by atoms with Crippen LogP contribution in [-0.2, 0) is 16.6 Å². The summed E-state index contributed by atoms with van der Waals surface area (Å²) in [6, 6.07) is 0.163. The summed E-state index contributed by atoms with van der Waals surface area (Å²) < 4.78 is 6.73. The lowest BCUT2D eigenvalue weighted by atomic mass is 9.78. The van der Waals surface area contributed by atoms with Crippen molar-refractivity contribution in [2.24, 2.45) is 18.9 Å². The Hall–Kier alpha value is -1.85. The van der Waals surface area contributed by atoms with E-state index in [4.69, 9.17) is 4.74 Å². The van der Waals surface area contributed by atoms with E-state index in [0.29, 0.717) is 17.4 Å². The van der Waals surface area contributed by atoms with E-state index in [0.717, 1.165) is 12.8 Å². The highest BCUT2D eigenvalue weighted by Gasteiger charge is 2.30. The van der Waals surface area contributed by atoms with Crippen LogP contribution >= 0.6 is 0 Å². The maximum absolute atomic E-state index is 12.2. The Balaban J connectivity index is 1.88. The van der Waals surface area contributed by atoms with Crippen molar-refractivity contribution in [2.45, 2.75) is 52.2 Å². The van der Waals surface area contributed by atoms with Gasteiger partial charge in [-0.25, -0.2) is 4.79 Å². The molecule has 1 fully saturated rings. The fourth-order valence-electron chi connectivity index (χ4n) is 2.89. The number of hydrogen-bond donors (Lipinski definition) is 1. The molecule has 122 valence electrons. The van der Waals surface area contributed by atoms with E-state index in [1.807, 2.05) is 0 Å². The second kappa shape index (κ2) is 6.94. The summed E-state index contributed by atoms with van der Waals surface area (Å²) in [6.07, 6.45) is 5.51. The molecule has 1 aromatic rings. The second-order valence-electron chi connectivity index (χ2n) is 6.33. The first kappa shape index (κ1) is 16.5. The van der Waals surface area contributed by atoms with Gasteiger partial charge in [-0.05, 0) is 25.2 Å². The van der Waals surface area contributed by atoms with E-state index in [1.165, 1.54) is 17.3 Å². The third-order valence-electron chi connectivity index (χ3n) is 4.63. The molecule has 0 bridgehead atoms. The number of esters is 1. The number of rotatable bonds is 4. The molecule has 1 aliphatic rings. The summed E-state index contributed by atoms with van der Waals surface area (Å²) in [7, 11) is 1.72. The van der Waals surface area contributed by atoms with Gasteiger partial charge in [0.05, 0.1) is 11.8 Å². The van der Waals surface area contributed by atoms with Crippen LogP contribution in [0.15, 0.2) is 12.4 Å². The van der Waals surface area contributed by atoms with Crippen molar-refractivity contribution in [1.29, 1.82) is 0 Å². The van der Waals surface area contributed by atoms with Gasteiger partial charge in [-0.2, -0.15) is 5.10 Å². The van der Waals surface area contributed by atoms with Crippen LogP contribution in [0.1, 0.15) is 50.4 Å². The fourth-order valence-corrected chi connectivity index (χ4v) is 2.89. The predicted molar refractivity (Wildman–Crippen MR) is 82.2 cm³/mol. The summed E-state index contributed by atoms with van der Waals surface area (Å²) >= 11 is 0. The number of amides is 1. The predicted octanol–water partition coefficient (Wildman–Crippen LogP) is 1.91. The summed E-state index contributed by atoms with van der Waals surface area (Å²) in [5.41, 5.74) is 0.349. The van der Waals surface area contributed by atoms with Crippen LogP contribution in [0, 0.1) is 11.8 Å². The minimum absolute atomic E-state index is 0.163. The Labute approximate surface area is 131 Å². The summed E-state index contributed by atoms with van der Waals surface area (Å²) in [6.45, 7) is 5.98. The van der Waals surface area contributed by atoms with Gasteiger partial charge < -0.3 is 10.1 Å². The topological polar surface area (TPSA) is 73.2 Å². The molecule has 1 amide bonds. The molecule has 1 aromatic heterocycles. The minimum atomic E-state index is -0.808. The van der Waals surface area contributed by atoms with E-state index in [-0.39, 0.29) is 11.9 Å².